The van der Waals surface area contributed by atoms with E-state index in [2.05, 4.69) is 12.2 Å². The first kappa shape index (κ1) is 19.8. The van der Waals surface area contributed by atoms with Crippen LogP contribution in [0, 0.1) is 0 Å². The van der Waals surface area contributed by atoms with Gasteiger partial charge in [0.05, 0.1) is 12.7 Å². The average molecular weight is 291 g/mol. The fourth-order valence-corrected chi connectivity index (χ4v) is 2.12. The molecule has 0 rings (SSSR count). The summed E-state index contributed by atoms with van der Waals surface area (Å²) in [7, 11) is 0. The Morgan fingerprint density at radius 1 is 0.800 bits per heavy atom. The van der Waals surface area contributed by atoms with Gasteiger partial charge in [-0.1, -0.05) is 51.9 Å². The lowest BCUT2D eigenvalue weighted by Gasteiger charge is -2.21. The molecule has 0 amide bonds. The molecule has 5 nitrogen and oxygen atoms in total. The fraction of sp³-hybridized carbons (Fsp3) is 1.00. The minimum absolute atomic E-state index is 0.231. The second kappa shape index (κ2) is 13.8. The minimum Gasteiger partial charge on any atom is -0.394 e. The molecule has 0 heterocycles. The van der Waals surface area contributed by atoms with Crippen LogP contribution in [0.3, 0.4) is 0 Å². The highest BCUT2D eigenvalue weighted by molar-refractivity contribution is 4.76. The maximum absolute atomic E-state index is 9.56. The highest BCUT2D eigenvalue weighted by atomic mass is 16.4. The first-order valence-corrected chi connectivity index (χ1v) is 7.99. The van der Waals surface area contributed by atoms with Crippen molar-refractivity contribution in [3.05, 3.63) is 0 Å². The fourth-order valence-electron chi connectivity index (χ4n) is 2.12. The largest absolute Gasteiger partial charge is 0.394 e. The molecular formula is C15H33NO4. The Morgan fingerprint density at radius 3 is 1.90 bits per heavy atom. The normalized spacial score (nSPS) is 16.1. The third-order valence-corrected chi connectivity index (χ3v) is 3.54. The molecule has 0 aliphatic heterocycles. The van der Waals surface area contributed by atoms with Gasteiger partial charge < -0.3 is 25.7 Å². The van der Waals surface area contributed by atoms with Crippen LogP contribution >= 0.6 is 0 Å². The maximum Gasteiger partial charge on any atom is 0.109 e. The summed E-state index contributed by atoms with van der Waals surface area (Å²) in [6, 6.07) is 0. The lowest BCUT2D eigenvalue weighted by molar-refractivity contribution is -0.0749. The lowest BCUT2D eigenvalue weighted by Crippen LogP contribution is -2.44. The van der Waals surface area contributed by atoms with E-state index in [1.165, 1.54) is 44.9 Å². The monoisotopic (exact) mass is 291 g/mol. The van der Waals surface area contributed by atoms with E-state index in [1.807, 2.05) is 0 Å². The van der Waals surface area contributed by atoms with Gasteiger partial charge >= 0.3 is 0 Å². The van der Waals surface area contributed by atoms with Crippen LogP contribution in [0.2, 0.25) is 0 Å². The van der Waals surface area contributed by atoms with Crippen molar-refractivity contribution < 1.29 is 20.4 Å². The van der Waals surface area contributed by atoms with Crippen LogP contribution in [0.25, 0.3) is 0 Å². The van der Waals surface area contributed by atoms with Crippen molar-refractivity contribution in [1.82, 2.24) is 5.32 Å². The van der Waals surface area contributed by atoms with Crippen LogP contribution in [0.15, 0.2) is 0 Å². The number of aliphatic hydroxyl groups is 4. The number of rotatable bonds is 14. The van der Waals surface area contributed by atoms with Gasteiger partial charge in [-0.3, -0.25) is 0 Å². The zero-order valence-electron chi connectivity index (χ0n) is 12.8. The van der Waals surface area contributed by atoms with Crippen LogP contribution in [-0.4, -0.2) is 58.4 Å². The third kappa shape index (κ3) is 10.6. The van der Waals surface area contributed by atoms with Gasteiger partial charge in [0.1, 0.15) is 12.2 Å². The van der Waals surface area contributed by atoms with E-state index in [-0.39, 0.29) is 6.54 Å². The highest BCUT2D eigenvalue weighted by Crippen LogP contribution is 2.08. The molecule has 0 fully saturated rings. The van der Waals surface area contributed by atoms with Gasteiger partial charge in [0, 0.05) is 6.54 Å². The molecule has 5 N–H and O–H groups in total. The number of unbranched alkanes of at least 4 members (excludes halogenated alkanes) is 7. The summed E-state index contributed by atoms with van der Waals surface area (Å²) in [5.74, 6) is 0. The summed E-state index contributed by atoms with van der Waals surface area (Å²) in [5, 5.41) is 39.9. The topological polar surface area (TPSA) is 93.0 Å². The molecule has 0 spiro atoms. The average Bonchev–Trinajstić information content (AvgIpc) is 2.47. The van der Waals surface area contributed by atoms with Gasteiger partial charge in [0.2, 0.25) is 0 Å². The van der Waals surface area contributed by atoms with E-state index in [0.717, 1.165) is 13.0 Å². The van der Waals surface area contributed by atoms with Gasteiger partial charge in [0.25, 0.3) is 0 Å². The van der Waals surface area contributed by atoms with E-state index >= 15 is 0 Å². The van der Waals surface area contributed by atoms with Crippen molar-refractivity contribution in [1.29, 1.82) is 0 Å². The van der Waals surface area contributed by atoms with Crippen molar-refractivity contribution in [2.45, 2.75) is 76.6 Å². The first-order chi connectivity index (χ1) is 9.63. The molecule has 0 aromatic rings. The third-order valence-electron chi connectivity index (χ3n) is 3.54. The Hall–Kier alpha value is -0.200. The number of nitrogens with one attached hydrogen (secondary N) is 1. The molecule has 20 heavy (non-hydrogen) atoms. The predicted molar refractivity (Wildman–Crippen MR) is 80.6 cm³/mol. The lowest BCUT2D eigenvalue weighted by atomic mass is 10.1. The molecular weight excluding hydrogens is 258 g/mol. The summed E-state index contributed by atoms with van der Waals surface area (Å²) < 4.78 is 0. The molecule has 0 aromatic carbocycles. The highest BCUT2D eigenvalue weighted by Gasteiger charge is 2.23. The molecule has 122 valence electrons. The molecule has 0 aliphatic rings. The summed E-state index contributed by atoms with van der Waals surface area (Å²) in [5.41, 5.74) is 0. The Kier molecular flexibility index (Phi) is 13.6. The Balaban J connectivity index is 3.31. The van der Waals surface area contributed by atoms with E-state index in [0.29, 0.717) is 0 Å². The van der Waals surface area contributed by atoms with Crippen molar-refractivity contribution >= 4 is 0 Å². The van der Waals surface area contributed by atoms with Crippen LogP contribution in [-0.2, 0) is 0 Å². The number of aliphatic hydroxyl groups excluding tert-OH is 4. The SMILES string of the molecule is CCCCCCCCCCNC[C@H](O)[C@H](O)[C@H](O)CO. The van der Waals surface area contributed by atoms with E-state index in [1.54, 1.807) is 0 Å². The van der Waals surface area contributed by atoms with Crippen molar-refractivity contribution in [2.75, 3.05) is 19.7 Å². The van der Waals surface area contributed by atoms with Crippen LogP contribution in [0.5, 0.6) is 0 Å². The van der Waals surface area contributed by atoms with Gasteiger partial charge in [-0.25, -0.2) is 0 Å². The van der Waals surface area contributed by atoms with Crippen LogP contribution in [0.1, 0.15) is 58.3 Å². The Labute approximate surface area is 123 Å². The standard InChI is InChI=1S/C15H33NO4/c1-2-3-4-5-6-7-8-9-10-16-11-13(18)15(20)14(19)12-17/h13-20H,2-12H2,1H3/t13-,14+,15-/m0/s1. The molecule has 3 atom stereocenters. The number of hydrogen-bond acceptors (Lipinski definition) is 5. The van der Waals surface area contributed by atoms with Gasteiger partial charge in [-0.2, -0.15) is 0 Å². The first-order valence-electron chi connectivity index (χ1n) is 7.99. The predicted octanol–water partition coefficient (Wildman–Crippen LogP) is 0.792. The second-order valence-corrected chi connectivity index (χ2v) is 5.49. The van der Waals surface area contributed by atoms with E-state index < -0.39 is 24.9 Å². The molecule has 0 saturated heterocycles. The van der Waals surface area contributed by atoms with Crippen molar-refractivity contribution in [3.63, 3.8) is 0 Å². The molecule has 0 bridgehead atoms. The Morgan fingerprint density at radius 2 is 1.35 bits per heavy atom. The van der Waals surface area contributed by atoms with Gasteiger partial charge in [-0.05, 0) is 13.0 Å². The quantitative estimate of drug-likeness (QED) is 0.305. The van der Waals surface area contributed by atoms with Crippen molar-refractivity contribution in [2.24, 2.45) is 0 Å². The molecule has 0 radical (unpaired) electrons. The van der Waals surface area contributed by atoms with Crippen LogP contribution in [0.4, 0.5) is 0 Å². The zero-order chi connectivity index (χ0) is 15.2. The van der Waals surface area contributed by atoms with Crippen LogP contribution < -0.4 is 5.32 Å². The molecule has 0 unspecified atom stereocenters. The summed E-state index contributed by atoms with van der Waals surface area (Å²) in [4.78, 5) is 0. The van der Waals surface area contributed by atoms with Gasteiger partial charge in [0.15, 0.2) is 0 Å². The molecule has 5 heteroatoms. The number of hydrogen-bond donors (Lipinski definition) is 5. The molecule has 0 saturated carbocycles. The zero-order valence-corrected chi connectivity index (χ0v) is 12.8. The van der Waals surface area contributed by atoms with Crippen molar-refractivity contribution in [3.8, 4) is 0 Å². The van der Waals surface area contributed by atoms with E-state index in [9.17, 15) is 15.3 Å². The molecule has 0 aliphatic carbocycles. The Bertz CT molecular complexity index is 204. The second-order valence-electron chi connectivity index (χ2n) is 5.49. The summed E-state index contributed by atoms with van der Waals surface area (Å²) in [6.45, 7) is 2.70. The minimum atomic E-state index is -1.30. The maximum atomic E-state index is 9.56. The summed E-state index contributed by atoms with van der Waals surface area (Å²) in [6.07, 6.45) is 6.43. The summed E-state index contributed by atoms with van der Waals surface area (Å²) >= 11 is 0. The van der Waals surface area contributed by atoms with Gasteiger partial charge in [-0.15, -0.1) is 0 Å². The molecule has 0 aromatic heterocycles. The van der Waals surface area contributed by atoms with E-state index in [4.69, 9.17) is 5.11 Å². The smallest absolute Gasteiger partial charge is 0.109 e.